The summed E-state index contributed by atoms with van der Waals surface area (Å²) in [5, 5.41) is 3.08. The highest BCUT2D eigenvalue weighted by atomic mass is 32.2. The minimum absolute atomic E-state index is 0.0413. The van der Waals surface area contributed by atoms with Crippen molar-refractivity contribution in [1.29, 1.82) is 0 Å². The third-order valence-corrected chi connectivity index (χ3v) is 6.21. The third kappa shape index (κ3) is 4.33. The lowest BCUT2D eigenvalue weighted by molar-refractivity contribution is 0.111. The highest BCUT2D eigenvalue weighted by molar-refractivity contribution is 7.88. The Morgan fingerprint density at radius 3 is 2.47 bits per heavy atom. The molecule has 0 spiro atoms. The summed E-state index contributed by atoms with van der Waals surface area (Å²) in [4.78, 5) is 19.2. The van der Waals surface area contributed by atoms with Gasteiger partial charge in [0.15, 0.2) is 17.9 Å². The molecule has 1 aliphatic heterocycles. The Hall–Kier alpha value is -2.86. The van der Waals surface area contributed by atoms with Crippen LogP contribution in [0.25, 0.3) is 11.1 Å². The normalized spacial score (nSPS) is 15.7. The van der Waals surface area contributed by atoms with Gasteiger partial charge in [0.25, 0.3) is 0 Å². The highest BCUT2D eigenvalue weighted by Crippen LogP contribution is 2.34. The van der Waals surface area contributed by atoms with Gasteiger partial charge < -0.3 is 15.8 Å². The molecule has 12 heteroatoms. The molecule has 2 heterocycles. The monoisotopic (exact) mass is 441 g/mol. The number of aromatic nitrogens is 2. The fourth-order valence-corrected chi connectivity index (χ4v) is 4.15. The van der Waals surface area contributed by atoms with Gasteiger partial charge in [0, 0.05) is 36.5 Å². The first-order valence-corrected chi connectivity index (χ1v) is 10.9. The molecule has 9 nitrogen and oxygen atoms in total. The average Bonchev–Trinajstić information content (AvgIpc) is 2.70. The van der Waals surface area contributed by atoms with E-state index in [1.807, 2.05) is 0 Å². The number of hydrogen-bond donors (Lipinski definition) is 2. The Balaban J connectivity index is 1.82. The van der Waals surface area contributed by atoms with Crippen molar-refractivity contribution >= 4 is 28.1 Å². The number of carbonyl (C=O) groups is 1. The molecule has 0 saturated carbocycles. The van der Waals surface area contributed by atoms with E-state index in [2.05, 4.69) is 15.3 Å². The first-order valence-electron chi connectivity index (χ1n) is 9.01. The van der Waals surface area contributed by atoms with Crippen molar-refractivity contribution in [2.75, 3.05) is 37.5 Å². The number of halogens is 2. The van der Waals surface area contributed by atoms with Crippen LogP contribution < -0.4 is 15.8 Å². The van der Waals surface area contributed by atoms with Gasteiger partial charge in [-0.05, 0) is 18.9 Å². The second-order valence-corrected chi connectivity index (χ2v) is 8.84. The zero-order chi connectivity index (χ0) is 22.1. The predicted molar refractivity (Wildman–Crippen MR) is 107 cm³/mol. The lowest BCUT2D eigenvalue weighted by atomic mass is 10.0. The topological polar surface area (TPSA) is 128 Å². The molecular formula is C18H21F2N5O4S. The molecule has 0 amide bonds. The number of aldehydes is 1. The number of rotatable bonds is 6. The number of methoxy groups -OCH3 is 1. The molecule has 1 fully saturated rings. The van der Waals surface area contributed by atoms with Crippen molar-refractivity contribution < 1.29 is 26.7 Å². The summed E-state index contributed by atoms with van der Waals surface area (Å²) in [6.07, 6.45) is 3.70. The Morgan fingerprint density at radius 1 is 1.27 bits per heavy atom. The van der Waals surface area contributed by atoms with Crippen LogP contribution in [0.4, 0.5) is 20.5 Å². The SMILES string of the molecule is COc1cc(-c2cnc(NC3CCN(S(C)(=O)=O)CC3)nc2N)c(F)c(F)c1C=O. The minimum Gasteiger partial charge on any atom is -0.496 e. The van der Waals surface area contributed by atoms with Gasteiger partial charge in [-0.15, -0.1) is 0 Å². The molecule has 30 heavy (non-hydrogen) atoms. The van der Waals surface area contributed by atoms with Crippen molar-refractivity contribution in [2.24, 2.45) is 0 Å². The van der Waals surface area contributed by atoms with Crippen LogP contribution in [-0.4, -0.2) is 61.5 Å². The van der Waals surface area contributed by atoms with Crippen LogP contribution in [0.1, 0.15) is 23.2 Å². The number of piperidine rings is 1. The van der Waals surface area contributed by atoms with E-state index >= 15 is 0 Å². The molecule has 0 aliphatic carbocycles. The Morgan fingerprint density at radius 2 is 1.93 bits per heavy atom. The maximum atomic E-state index is 14.5. The van der Waals surface area contributed by atoms with Crippen LogP contribution in [-0.2, 0) is 10.0 Å². The second-order valence-electron chi connectivity index (χ2n) is 6.86. The zero-order valence-corrected chi connectivity index (χ0v) is 17.2. The van der Waals surface area contributed by atoms with Gasteiger partial charge in [0.05, 0.1) is 18.9 Å². The van der Waals surface area contributed by atoms with E-state index in [0.29, 0.717) is 25.9 Å². The van der Waals surface area contributed by atoms with Crippen LogP contribution >= 0.6 is 0 Å². The smallest absolute Gasteiger partial charge is 0.224 e. The fraction of sp³-hybridized carbons (Fsp3) is 0.389. The van der Waals surface area contributed by atoms with E-state index in [9.17, 15) is 22.0 Å². The van der Waals surface area contributed by atoms with E-state index in [1.54, 1.807) is 0 Å². The maximum absolute atomic E-state index is 14.5. The molecule has 162 valence electrons. The fourth-order valence-electron chi connectivity index (χ4n) is 3.28. The number of anilines is 2. The average molecular weight is 441 g/mol. The quantitative estimate of drug-likeness (QED) is 0.648. The summed E-state index contributed by atoms with van der Waals surface area (Å²) in [5.74, 6) is -2.66. The van der Waals surface area contributed by atoms with Gasteiger partial charge in [-0.2, -0.15) is 4.98 Å². The molecule has 1 aromatic carbocycles. The lowest BCUT2D eigenvalue weighted by Crippen LogP contribution is -2.42. The van der Waals surface area contributed by atoms with E-state index in [-0.39, 0.29) is 41.0 Å². The number of hydrogen-bond acceptors (Lipinski definition) is 8. The molecule has 1 aromatic heterocycles. The van der Waals surface area contributed by atoms with Crippen LogP contribution in [0.3, 0.4) is 0 Å². The molecule has 1 aliphatic rings. The third-order valence-electron chi connectivity index (χ3n) is 4.91. The Bertz CT molecular complexity index is 1070. The van der Waals surface area contributed by atoms with Crippen LogP contribution in [0.5, 0.6) is 5.75 Å². The van der Waals surface area contributed by atoms with Crippen LogP contribution in [0.2, 0.25) is 0 Å². The summed E-state index contributed by atoms with van der Waals surface area (Å²) < 4.78 is 58.2. The first kappa shape index (κ1) is 21.8. The van der Waals surface area contributed by atoms with Crippen molar-refractivity contribution in [1.82, 2.24) is 14.3 Å². The number of carbonyl (C=O) groups excluding carboxylic acids is 1. The van der Waals surface area contributed by atoms with Gasteiger partial charge >= 0.3 is 0 Å². The van der Waals surface area contributed by atoms with Gasteiger partial charge in [-0.3, -0.25) is 4.79 Å². The highest BCUT2D eigenvalue weighted by Gasteiger charge is 2.26. The number of benzene rings is 1. The zero-order valence-electron chi connectivity index (χ0n) is 16.4. The maximum Gasteiger partial charge on any atom is 0.224 e. The first-order chi connectivity index (χ1) is 14.2. The van der Waals surface area contributed by atoms with Crippen LogP contribution in [0, 0.1) is 11.6 Å². The van der Waals surface area contributed by atoms with Gasteiger partial charge in [-0.1, -0.05) is 0 Å². The van der Waals surface area contributed by atoms with Crippen molar-refractivity contribution in [3.8, 4) is 16.9 Å². The van der Waals surface area contributed by atoms with Crippen molar-refractivity contribution in [3.63, 3.8) is 0 Å². The van der Waals surface area contributed by atoms with E-state index in [1.165, 1.54) is 23.9 Å². The molecule has 1 saturated heterocycles. The predicted octanol–water partition coefficient (Wildman–Crippen LogP) is 1.66. The number of ether oxygens (including phenoxy) is 1. The summed E-state index contributed by atoms with van der Waals surface area (Å²) in [6, 6.07) is 1.10. The largest absolute Gasteiger partial charge is 0.496 e. The molecule has 0 unspecified atom stereocenters. The number of nitrogens with zero attached hydrogens (tertiary/aromatic N) is 3. The minimum atomic E-state index is -3.23. The number of sulfonamides is 1. The summed E-state index contributed by atoms with van der Waals surface area (Å²) in [6.45, 7) is 0.745. The van der Waals surface area contributed by atoms with E-state index in [4.69, 9.17) is 10.5 Å². The molecule has 0 bridgehead atoms. The van der Waals surface area contributed by atoms with E-state index < -0.39 is 27.2 Å². The van der Waals surface area contributed by atoms with Crippen molar-refractivity contribution in [2.45, 2.75) is 18.9 Å². The van der Waals surface area contributed by atoms with E-state index in [0.717, 1.165) is 6.07 Å². The van der Waals surface area contributed by atoms with Gasteiger partial charge in [0.1, 0.15) is 11.6 Å². The molecular weight excluding hydrogens is 420 g/mol. The standard InChI is InChI=1S/C18H21F2N5O4S/c1-29-14-7-11(15(19)16(20)13(14)9-26)12-8-22-18(24-17(12)21)23-10-3-5-25(6-4-10)30(2,27)28/h7-10H,3-6H2,1-2H3,(H3,21,22,23,24). The number of nitrogens with one attached hydrogen (secondary N) is 1. The number of nitrogens with two attached hydrogens (primary N) is 1. The summed E-state index contributed by atoms with van der Waals surface area (Å²) >= 11 is 0. The molecule has 3 rings (SSSR count). The number of nitrogen functional groups attached to an aromatic ring is 1. The van der Waals surface area contributed by atoms with Crippen LogP contribution in [0.15, 0.2) is 12.3 Å². The Kier molecular flexibility index (Phi) is 6.17. The van der Waals surface area contributed by atoms with Gasteiger partial charge in [-0.25, -0.2) is 26.5 Å². The van der Waals surface area contributed by atoms with Gasteiger partial charge in [0.2, 0.25) is 16.0 Å². The molecule has 0 atom stereocenters. The summed E-state index contributed by atoms with van der Waals surface area (Å²) in [7, 11) is -2.00. The summed E-state index contributed by atoms with van der Waals surface area (Å²) in [5.41, 5.74) is 5.22. The lowest BCUT2D eigenvalue weighted by Gasteiger charge is -2.30. The van der Waals surface area contributed by atoms with Crippen molar-refractivity contribution in [3.05, 3.63) is 29.5 Å². The second kappa shape index (κ2) is 8.48. The molecule has 0 radical (unpaired) electrons. The molecule has 2 aromatic rings. The Labute approximate surface area is 172 Å². The molecule has 3 N–H and O–H groups in total.